The van der Waals surface area contributed by atoms with Gasteiger partial charge in [-0.15, -0.1) is 0 Å². The molecule has 1 aliphatic carbocycles. The van der Waals surface area contributed by atoms with Crippen molar-refractivity contribution in [2.75, 3.05) is 0 Å². The first-order valence-corrected chi connectivity index (χ1v) is 4.86. The molecule has 74 valence electrons. The van der Waals surface area contributed by atoms with E-state index < -0.39 is 0 Å². The molecule has 1 aromatic rings. The molecule has 14 heavy (non-hydrogen) atoms. The summed E-state index contributed by atoms with van der Waals surface area (Å²) < 4.78 is 5.28. The van der Waals surface area contributed by atoms with Crippen LogP contribution >= 0.6 is 0 Å². The molecular formula is C12H14O2. The Balaban J connectivity index is 2.08. The van der Waals surface area contributed by atoms with Gasteiger partial charge >= 0.3 is 5.97 Å². The Hall–Kier alpha value is -1.31. The van der Waals surface area contributed by atoms with E-state index in [1.54, 1.807) is 0 Å². The molecule has 2 rings (SSSR count). The van der Waals surface area contributed by atoms with E-state index in [1.807, 2.05) is 25.1 Å². The zero-order valence-electron chi connectivity index (χ0n) is 8.49. The molecule has 2 heteroatoms. The molecule has 0 spiro atoms. The van der Waals surface area contributed by atoms with Crippen LogP contribution in [-0.2, 0) is 9.53 Å². The van der Waals surface area contributed by atoms with E-state index in [-0.39, 0.29) is 11.6 Å². The quantitative estimate of drug-likeness (QED) is 0.670. The van der Waals surface area contributed by atoms with E-state index in [0.717, 1.165) is 6.42 Å². The number of hydrogen-bond acceptors (Lipinski definition) is 2. The maximum absolute atomic E-state index is 10.9. The van der Waals surface area contributed by atoms with Gasteiger partial charge in [0, 0.05) is 12.8 Å². The molecule has 0 aliphatic heterocycles. The Morgan fingerprint density at radius 3 is 2.64 bits per heavy atom. The molecular weight excluding hydrogens is 176 g/mol. The van der Waals surface area contributed by atoms with E-state index in [1.165, 1.54) is 12.5 Å². The zero-order valence-corrected chi connectivity index (χ0v) is 8.49. The van der Waals surface area contributed by atoms with Gasteiger partial charge in [-0.2, -0.15) is 0 Å². The molecule has 0 heterocycles. The third-order valence-electron chi connectivity index (χ3n) is 2.77. The highest BCUT2D eigenvalue weighted by molar-refractivity contribution is 5.67. The molecule has 0 amide bonds. The lowest BCUT2D eigenvalue weighted by atomic mass is 10.1. The Morgan fingerprint density at radius 1 is 1.43 bits per heavy atom. The van der Waals surface area contributed by atoms with Crippen molar-refractivity contribution in [2.45, 2.75) is 31.8 Å². The first kappa shape index (κ1) is 9.25. The van der Waals surface area contributed by atoms with E-state index in [0.29, 0.717) is 5.92 Å². The molecule has 0 unspecified atom stereocenters. The van der Waals surface area contributed by atoms with E-state index in [9.17, 15) is 4.79 Å². The monoisotopic (exact) mass is 190 g/mol. The third-order valence-corrected chi connectivity index (χ3v) is 2.77. The minimum absolute atomic E-state index is 0.189. The van der Waals surface area contributed by atoms with Crippen LogP contribution in [0.3, 0.4) is 0 Å². The van der Waals surface area contributed by atoms with Gasteiger partial charge < -0.3 is 4.74 Å². The maximum Gasteiger partial charge on any atom is 0.303 e. The standard InChI is InChI=1S/C12H14O2/c1-9(13)14-12(2)8-11(12)10-6-4-3-5-7-10/h3-7,11H,8H2,1-2H3/t11-,12-/m1/s1. The number of rotatable bonds is 2. The number of esters is 1. The molecule has 1 aromatic carbocycles. The summed E-state index contributed by atoms with van der Waals surface area (Å²) in [5.41, 5.74) is 1.00. The highest BCUT2D eigenvalue weighted by atomic mass is 16.6. The van der Waals surface area contributed by atoms with Crippen molar-refractivity contribution in [3.8, 4) is 0 Å². The first-order chi connectivity index (χ1) is 6.62. The Kier molecular flexibility index (Phi) is 2.06. The van der Waals surface area contributed by atoms with Gasteiger partial charge in [0.15, 0.2) is 0 Å². The van der Waals surface area contributed by atoms with Gasteiger partial charge in [0.05, 0.1) is 0 Å². The highest BCUT2D eigenvalue weighted by Gasteiger charge is 2.54. The number of benzene rings is 1. The van der Waals surface area contributed by atoms with Gasteiger partial charge in [0.2, 0.25) is 0 Å². The minimum Gasteiger partial charge on any atom is -0.459 e. The van der Waals surface area contributed by atoms with Gasteiger partial charge in [-0.25, -0.2) is 0 Å². The molecule has 1 aliphatic rings. The Morgan fingerprint density at radius 2 is 2.07 bits per heavy atom. The summed E-state index contributed by atoms with van der Waals surface area (Å²) in [7, 11) is 0. The van der Waals surface area contributed by atoms with Crippen LogP contribution in [0.2, 0.25) is 0 Å². The fourth-order valence-corrected chi connectivity index (χ4v) is 1.94. The number of carbonyl (C=O) groups excluding carboxylic acids is 1. The lowest BCUT2D eigenvalue weighted by Gasteiger charge is -2.11. The number of carbonyl (C=O) groups is 1. The SMILES string of the molecule is CC(=O)O[C@]1(C)C[C@@H]1c1ccccc1. The summed E-state index contributed by atoms with van der Waals surface area (Å²) in [6.07, 6.45) is 0.941. The molecule has 1 fully saturated rings. The van der Waals surface area contributed by atoms with Crippen LogP contribution < -0.4 is 0 Å². The number of hydrogen-bond donors (Lipinski definition) is 0. The summed E-state index contributed by atoms with van der Waals surface area (Å²) >= 11 is 0. The summed E-state index contributed by atoms with van der Waals surface area (Å²) in [5.74, 6) is 0.193. The largest absolute Gasteiger partial charge is 0.459 e. The average molecular weight is 190 g/mol. The van der Waals surface area contributed by atoms with Gasteiger partial charge in [0.1, 0.15) is 5.60 Å². The van der Waals surface area contributed by atoms with Crippen molar-refractivity contribution in [1.29, 1.82) is 0 Å². The van der Waals surface area contributed by atoms with Gasteiger partial charge in [-0.05, 0) is 18.9 Å². The van der Waals surface area contributed by atoms with Crippen molar-refractivity contribution in [3.05, 3.63) is 35.9 Å². The lowest BCUT2D eigenvalue weighted by molar-refractivity contribution is -0.147. The molecule has 1 saturated carbocycles. The van der Waals surface area contributed by atoms with Crippen LogP contribution in [0, 0.1) is 0 Å². The van der Waals surface area contributed by atoms with Crippen LogP contribution in [0.5, 0.6) is 0 Å². The Labute approximate surface area is 83.9 Å². The normalized spacial score (nSPS) is 29.7. The average Bonchev–Trinajstić information content (AvgIpc) is 2.77. The van der Waals surface area contributed by atoms with Gasteiger partial charge in [0.25, 0.3) is 0 Å². The maximum atomic E-state index is 10.9. The number of ether oxygens (including phenoxy) is 1. The second-order valence-electron chi connectivity index (χ2n) is 4.07. The van der Waals surface area contributed by atoms with Crippen LogP contribution in [-0.4, -0.2) is 11.6 Å². The van der Waals surface area contributed by atoms with Crippen LogP contribution in [0.15, 0.2) is 30.3 Å². The second kappa shape index (κ2) is 3.12. The van der Waals surface area contributed by atoms with Crippen molar-refractivity contribution in [2.24, 2.45) is 0 Å². The van der Waals surface area contributed by atoms with Crippen molar-refractivity contribution in [3.63, 3.8) is 0 Å². The lowest BCUT2D eigenvalue weighted by Crippen LogP contribution is -2.15. The van der Waals surface area contributed by atoms with Crippen molar-refractivity contribution in [1.82, 2.24) is 0 Å². The van der Waals surface area contributed by atoms with Crippen LogP contribution in [0.4, 0.5) is 0 Å². The third kappa shape index (κ3) is 1.65. The van der Waals surface area contributed by atoms with Crippen molar-refractivity contribution >= 4 is 5.97 Å². The smallest absolute Gasteiger partial charge is 0.303 e. The predicted octanol–water partition coefficient (Wildman–Crippen LogP) is 2.50. The molecule has 0 radical (unpaired) electrons. The fraction of sp³-hybridized carbons (Fsp3) is 0.417. The van der Waals surface area contributed by atoms with Crippen molar-refractivity contribution < 1.29 is 9.53 Å². The molecule has 0 N–H and O–H groups in total. The molecule has 0 saturated heterocycles. The van der Waals surface area contributed by atoms with E-state index in [4.69, 9.17) is 4.74 Å². The summed E-state index contributed by atoms with van der Waals surface area (Å²) in [4.78, 5) is 10.9. The first-order valence-electron chi connectivity index (χ1n) is 4.86. The Bertz CT molecular complexity index is 345. The minimum atomic E-state index is -0.257. The highest BCUT2D eigenvalue weighted by Crippen LogP contribution is 2.53. The molecule has 2 nitrogen and oxygen atoms in total. The van der Waals surface area contributed by atoms with Crippen LogP contribution in [0.25, 0.3) is 0 Å². The van der Waals surface area contributed by atoms with E-state index >= 15 is 0 Å². The second-order valence-corrected chi connectivity index (χ2v) is 4.07. The van der Waals surface area contributed by atoms with E-state index in [2.05, 4.69) is 12.1 Å². The molecule has 0 aromatic heterocycles. The van der Waals surface area contributed by atoms with Gasteiger partial charge in [-0.1, -0.05) is 30.3 Å². The zero-order chi connectivity index (χ0) is 10.2. The van der Waals surface area contributed by atoms with Gasteiger partial charge in [-0.3, -0.25) is 4.79 Å². The fourth-order valence-electron chi connectivity index (χ4n) is 1.94. The summed E-state index contributed by atoms with van der Waals surface area (Å²) in [6.45, 7) is 3.46. The molecule has 0 bridgehead atoms. The summed E-state index contributed by atoms with van der Waals surface area (Å²) in [5, 5.41) is 0. The molecule has 2 atom stereocenters. The topological polar surface area (TPSA) is 26.3 Å². The predicted molar refractivity (Wildman–Crippen MR) is 54.0 cm³/mol. The van der Waals surface area contributed by atoms with Crippen LogP contribution in [0.1, 0.15) is 31.7 Å². The summed E-state index contributed by atoms with van der Waals surface area (Å²) in [6, 6.07) is 10.2.